The first-order chi connectivity index (χ1) is 7.39. The second-order valence-corrected chi connectivity index (χ2v) is 8.31. The molecular weight excluding hydrogens is 206 g/mol. The molecule has 0 aromatic carbocycles. The monoisotopic (exact) mass is 241 g/mol. The van der Waals surface area contributed by atoms with Gasteiger partial charge in [0.05, 0.1) is 0 Å². The minimum absolute atomic E-state index is 0.383. The maximum Gasteiger partial charge on any atom is 0.00299 e. The normalized spacial score (nSPS) is 14.5. The summed E-state index contributed by atoms with van der Waals surface area (Å²) in [7, 11) is 0. The van der Waals surface area contributed by atoms with E-state index < -0.39 is 0 Å². The smallest absolute Gasteiger partial charge is 0.00299 e. The van der Waals surface area contributed by atoms with Gasteiger partial charge in [0, 0.05) is 6.54 Å². The predicted octanol–water partition coefficient (Wildman–Crippen LogP) is 4.82. The van der Waals surface area contributed by atoms with Crippen molar-refractivity contribution in [3.8, 4) is 0 Å². The maximum absolute atomic E-state index is 2.59. The number of hydrogen-bond donors (Lipinski definition) is 0. The lowest BCUT2D eigenvalue weighted by Gasteiger charge is -2.41. The predicted molar refractivity (Wildman–Crippen MR) is 79.4 cm³/mol. The van der Waals surface area contributed by atoms with E-state index in [1.54, 1.807) is 0 Å². The molecule has 0 aromatic heterocycles. The highest BCUT2D eigenvalue weighted by atomic mass is 15.1. The highest BCUT2D eigenvalue weighted by molar-refractivity contribution is 4.83. The van der Waals surface area contributed by atoms with Crippen molar-refractivity contribution in [2.24, 2.45) is 16.2 Å². The molecule has 104 valence electrons. The summed E-state index contributed by atoms with van der Waals surface area (Å²) in [6.45, 7) is 24.7. The fourth-order valence-electron chi connectivity index (χ4n) is 1.83. The standard InChI is InChI=1S/C16H35N/c1-10-17(13-14(2,3)4)12-11-16(8,9)15(5,6)7/h10-13H2,1-9H3. The molecule has 0 bridgehead atoms. The zero-order chi connectivity index (χ0) is 13.9. The number of nitrogens with zero attached hydrogens (tertiary/aromatic N) is 1. The van der Waals surface area contributed by atoms with Crippen LogP contribution in [0.2, 0.25) is 0 Å². The number of hydrogen-bond acceptors (Lipinski definition) is 1. The van der Waals surface area contributed by atoms with E-state index in [0.717, 1.165) is 6.54 Å². The van der Waals surface area contributed by atoms with Gasteiger partial charge in [0.1, 0.15) is 0 Å². The van der Waals surface area contributed by atoms with Gasteiger partial charge in [-0.3, -0.25) is 0 Å². The molecule has 1 nitrogen and oxygen atoms in total. The van der Waals surface area contributed by atoms with E-state index in [2.05, 4.69) is 67.2 Å². The molecule has 0 atom stereocenters. The Morgan fingerprint density at radius 1 is 0.824 bits per heavy atom. The molecule has 0 aliphatic heterocycles. The van der Waals surface area contributed by atoms with Gasteiger partial charge in [-0.05, 0) is 35.8 Å². The van der Waals surface area contributed by atoms with Gasteiger partial charge >= 0.3 is 0 Å². The SMILES string of the molecule is CCN(CCC(C)(C)C(C)(C)C)CC(C)(C)C. The van der Waals surface area contributed by atoms with Crippen LogP contribution < -0.4 is 0 Å². The van der Waals surface area contributed by atoms with E-state index >= 15 is 0 Å². The molecule has 1 heteroatoms. The van der Waals surface area contributed by atoms with Gasteiger partial charge in [-0.2, -0.15) is 0 Å². The Morgan fingerprint density at radius 2 is 1.29 bits per heavy atom. The van der Waals surface area contributed by atoms with Crippen molar-refractivity contribution < 1.29 is 0 Å². The molecule has 0 aliphatic rings. The van der Waals surface area contributed by atoms with Gasteiger partial charge in [-0.15, -0.1) is 0 Å². The summed E-state index contributed by atoms with van der Waals surface area (Å²) in [4.78, 5) is 2.59. The van der Waals surface area contributed by atoms with Gasteiger partial charge in [0.15, 0.2) is 0 Å². The maximum atomic E-state index is 2.59. The van der Waals surface area contributed by atoms with Crippen molar-refractivity contribution in [1.29, 1.82) is 0 Å². The molecule has 0 N–H and O–H groups in total. The Balaban J connectivity index is 4.34. The fraction of sp³-hybridized carbons (Fsp3) is 1.00. The van der Waals surface area contributed by atoms with E-state index in [-0.39, 0.29) is 0 Å². The highest BCUT2D eigenvalue weighted by Crippen LogP contribution is 2.40. The molecular formula is C16H35N. The van der Waals surface area contributed by atoms with Crippen molar-refractivity contribution in [3.63, 3.8) is 0 Å². The summed E-state index contributed by atoms with van der Waals surface area (Å²) >= 11 is 0. The molecule has 0 unspecified atom stereocenters. The largest absolute Gasteiger partial charge is 0.303 e. The van der Waals surface area contributed by atoms with Crippen molar-refractivity contribution in [2.75, 3.05) is 19.6 Å². The van der Waals surface area contributed by atoms with Crippen molar-refractivity contribution in [1.82, 2.24) is 4.90 Å². The van der Waals surface area contributed by atoms with Crippen LogP contribution in [0, 0.1) is 16.2 Å². The van der Waals surface area contributed by atoms with Gasteiger partial charge in [0.2, 0.25) is 0 Å². The zero-order valence-electron chi connectivity index (χ0n) is 13.8. The minimum atomic E-state index is 0.383. The summed E-state index contributed by atoms with van der Waals surface area (Å²) in [6.07, 6.45) is 1.28. The highest BCUT2D eigenvalue weighted by Gasteiger charge is 2.32. The average Bonchev–Trinajstić information content (AvgIpc) is 2.08. The van der Waals surface area contributed by atoms with Crippen LogP contribution in [0.5, 0.6) is 0 Å². The first-order valence-corrected chi connectivity index (χ1v) is 7.11. The molecule has 0 spiro atoms. The Hall–Kier alpha value is -0.0400. The molecule has 0 saturated heterocycles. The summed E-state index contributed by atoms with van der Waals surface area (Å²) in [6, 6.07) is 0. The second kappa shape index (κ2) is 5.73. The topological polar surface area (TPSA) is 3.24 Å². The molecule has 0 radical (unpaired) electrons. The molecule has 0 saturated carbocycles. The molecule has 0 heterocycles. The quantitative estimate of drug-likeness (QED) is 0.667. The Morgan fingerprint density at radius 3 is 1.59 bits per heavy atom. The van der Waals surface area contributed by atoms with Crippen molar-refractivity contribution in [2.45, 2.75) is 68.7 Å². The van der Waals surface area contributed by atoms with Crippen LogP contribution in [-0.4, -0.2) is 24.5 Å². The van der Waals surface area contributed by atoms with E-state index in [9.17, 15) is 0 Å². The first-order valence-electron chi connectivity index (χ1n) is 7.11. The molecule has 0 fully saturated rings. The van der Waals surface area contributed by atoms with Crippen LogP contribution in [0.1, 0.15) is 68.7 Å². The summed E-state index contributed by atoms with van der Waals surface area (Å²) in [5, 5.41) is 0. The van der Waals surface area contributed by atoms with Gasteiger partial charge in [-0.1, -0.05) is 62.3 Å². The third-order valence-electron chi connectivity index (χ3n) is 4.23. The van der Waals surface area contributed by atoms with E-state index in [4.69, 9.17) is 0 Å². The van der Waals surface area contributed by atoms with Crippen LogP contribution in [0.15, 0.2) is 0 Å². The van der Waals surface area contributed by atoms with Crippen LogP contribution in [0.4, 0.5) is 0 Å². The fourth-order valence-corrected chi connectivity index (χ4v) is 1.83. The lowest BCUT2D eigenvalue weighted by atomic mass is 9.67. The van der Waals surface area contributed by atoms with Gasteiger partial charge in [0.25, 0.3) is 0 Å². The summed E-state index contributed by atoms with van der Waals surface area (Å²) in [5.41, 5.74) is 1.19. The van der Waals surface area contributed by atoms with Crippen LogP contribution in [-0.2, 0) is 0 Å². The molecule has 0 aromatic rings. The lowest BCUT2D eigenvalue weighted by molar-refractivity contribution is 0.0905. The van der Waals surface area contributed by atoms with Crippen molar-refractivity contribution >= 4 is 0 Å². The summed E-state index contributed by atoms with van der Waals surface area (Å²) in [5.74, 6) is 0. The van der Waals surface area contributed by atoms with Gasteiger partial charge < -0.3 is 4.90 Å². The average molecular weight is 241 g/mol. The number of rotatable bonds is 5. The van der Waals surface area contributed by atoms with Crippen LogP contribution in [0.25, 0.3) is 0 Å². The Bertz CT molecular complexity index is 215. The third-order valence-corrected chi connectivity index (χ3v) is 4.23. The van der Waals surface area contributed by atoms with Crippen LogP contribution >= 0.6 is 0 Å². The van der Waals surface area contributed by atoms with Crippen LogP contribution in [0.3, 0.4) is 0 Å². The molecule has 17 heavy (non-hydrogen) atoms. The van der Waals surface area contributed by atoms with E-state index in [0.29, 0.717) is 16.2 Å². The minimum Gasteiger partial charge on any atom is -0.303 e. The first kappa shape index (κ1) is 17.0. The second-order valence-electron chi connectivity index (χ2n) is 8.31. The lowest BCUT2D eigenvalue weighted by Crippen LogP contribution is -2.38. The molecule has 0 amide bonds. The summed E-state index contributed by atoms with van der Waals surface area (Å²) < 4.78 is 0. The third kappa shape index (κ3) is 6.45. The molecule has 0 rings (SSSR count). The Labute approximate surface area is 110 Å². The van der Waals surface area contributed by atoms with E-state index in [1.165, 1.54) is 19.5 Å². The molecule has 0 aliphatic carbocycles. The van der Waals surface area contributed by atoms with Gasteiger partial charge in [-0.25, -0.2) is 0 Å². The Kier molecular flexibility index (Phi) is 5.72. The zero-order valence-corrected chi connectivity index (χ0v) is 13.8. The van der Waals surface area contributed by atoms with Crippen molar-refractivity contribution in [3.05, 3.63) is 0 Å². The van der Waals surface area contributed by atoms with E-state index in [1.807, 2.05) is 0 Å².